The molecule has 2 fully saturated rings. The number of hydrogen-bond donors (Lipinski definition) is 10. The highest BCUT2D eigenvalue weighted by Gasteiger charge is 2.54. The molecule has 54 heavy (non-hydrogen) atoms. The van der Waals surface area contributed by atoms with Gasteiger partial charge in [0.05, 0.1) is 6.10 Å². The minimum Gasteiger partial charge on any atom is -0.390 e. The first-order valence-corrected chi connectivity index (χ1v) is 19.1. The lowest BCUT2D eigenvalue weighted by atomic mass is 9.96. The van der Waals surface area contributed by atoms with Gasteiger partial charge in [-0.05, 0) is 20.5 Å². The summed E-state index contributed by atoms with van der Waals surface area (Å²) in [4.78, 5) is 54.4. The second-order valence-corrected chi connectivity index (χ2v) is 14.2. The summed E-state index contributed by atoms with van der Waals surface area (Å²) in [6.45, 7) is 2.11. The Kier molecular flexibility index (Phi) is 19.1. The van der Waals surface area contributed by atoms with Crippen molar-refractivity contribution in [3.05, 3.63) is 33.1 Å². The van der Waals surface area contributed by atoms with E-state index in [-0.39, 0.29) is 13.1 Å². The number of rotatable bonds is 24. The molecule has 0 spiro atoms. The van der Waals surface area contributed by atoms with Crippen LogP contribution in [-0.4, -0.2) is 160 Å². The van der Waals surface area contributed by atoms with Crippen molar-refractivity contribution >= 4 is 11.8 Å². The van der Waals surface area contributed by atoms with Crippen molar-refractivity contribution < 1.29 is 49.3 Å². The highest BCUT2D eigenvalue weighted by molar-refractivity contribution is 5.83. The first-order chi connectivity index (χ1) is 25.8. The summed E-state index contributed by atoms with van der Waals surface area (Å²) in [5.74, 6) is -1.17. The number of aromatic amines is 1. The molecule has 2 aliphatic rings. The van der Waals surface area contributed by atoms with Crippen LogP contribution >= 0.6 is 0 Å². The van der Waals surface area contributed by atoms with Gasteiger partial charge in [0, 0.05) is 38.9 Å². The fourth-order valence-electron chi connectivity index (χ4n) is 7.02. The summed E-state index contributed by atoms with van der Waals surface area (Å²) < 4.78 is 18.5. The van der Waals surface area contributed by atoms with Crippen molar-refractivity contribution in [3.63, 3.8) is 0 Å². The molecule has 0 radical (unpaired) electrons. The number of H-pyrrole nitrogens is 1. The van der Waals surface area contributed by atoms with E-state index in [0.717, 1.165) is 42.5 Å². The lowest BCUT2D eigenvalue weighted by molar-refractivity contribution is -0.233. The number of carbonyl (C=O) groups is 2. The van der Waals surface area contributed by atoms with Crippen LogP contribution in [0.4, 0.5) is 0 Å². The minimum atomic E-state index is -1.82. The molecule has 2 saturated heterocycles. The van der Waals surface area contributed by atoms with Gasteiger partial charge in [0.15, 0.2) is 12.5 Å². The molecule has 1 aromatic heterocycles. The van der Waals surface area contributed by atoms with Gasteiger partial charge in [-0.2, -0.15) is 0 Å². The second-order valence-electron chi connectivity index (χ2n) is 14.2. The van der Waals surface area contributed by atoms with Gasteiger partial charge >= 0.3 is 5.69 Å². The Morgan fingerprint density at radius 1 is 0.944 bits per heavy atom. The zero-order chi connectivity index (χ0) is 39.9. The average Bonchev–Trinajstić information content (AvgIpc) is 3.58. The number of likely N-dealkylation sites (N-methyl/N-ethyl adjacent to an activating group) is 3. The van der Waals surface area contributed by atoms with Crippen LogP contribution in [0.1, 0.15) is 77.4 Å². The van der Waals surface area contributed by atoms with Crippen molar-refractivity contribution in [2.45, 2.75) is 145 Å². The van der Waals surface area contributed by atoms with Crippen LogP contribution in [0.25, 0.3) is 0 Å². The Hall–Kier alpha value is -2.82. The molecule has 11 N–H and O–H groups in total. The Labute approximate surface area is 315 Å². The van der Waals surface area contributed by atoms with Gasteiger partial charge in [-0.1, -0.05) is 64.7 Å². The smallest absolute Gasteiger partial charge is 0.330 e. The number of unbranched alkanes of at least 4 members (excludes halogenated alkanes) is 9. The molecule has 3 rings (SSSR count). The number of nitrogens with zero attached hydrogens (tertiary/aromatic N) is 2. The summed E-state index contributed by atoms with van der Waals surface area (Å²) >= 11 is 0. The maximum Gasteiger partial charge on any atom is 0.330 e. The van der Waals surface area contributed by atoms with Gasteiger partial charge in [0.1, 0.15) is 54.8 Å². The van der Waals surface area contributed by atoms with Crippen LogP contribution in [0.15, 0.2) is 21.9 Å². The third-order valence-electron chi connectivity index (χ3n) is 10.2. The van der Waals surface area contributed by atoms with E-state index in [2.05, 4.69) is 22.9 Å². The van der Waals surface area contributed by atoms with Gasteiger partial charge < -0.3 is 61.4 Å². The second kappa shape index (κ2) is 22.7. The first-order valence-electron chi connectivity index (χ1n) is 19.1. The Balaban J connectivity index is 1.76. The van der Waals surface area contributed by atoms with Gasteiger partial charge in [-0.3, -0.25) is 28.8 Å². The van der Waals surface area contributed by atoms with Crippen LogP contribution in [-0.2, 0) is 23.8 Å². The van der Waals surface area contributed by atoms with Gasteiger partial charge in [-0.25, -0.2) is 4.79 Å². The fourth-order valence-corrected chi connectivity index (χ4v) is 7.02. The highest BCUT2D eigenvalue weighted by atomic mass is 16.7. The van der Waals surface area contributed by atoms with Crippen LogP contribution in [0.5, 0.6) is 0 Å². The Bertz CT molecular complexity index is 1400. The van der Waals surface area contributed by atoms with Crippen LogP contribution in [0.2, 0.25) is 0 Å². The number of nitrogens with two attached hydrogens (primary N) is 1. The molecule has 3 heterocycles. The molecule has 310 valence electrons. The minimum absolute atomic E-state index is 0.196. The summed E-state index contributed by atoms with van der Waals surface area (Å²) in [7, 11) is 4.28. The van der Waals surface area contributed by atoms with E-state index >= 15 is 0 Å². The van der Waals surface area contributed by atoms with Gasteiger partial charge in [0.2, 0.25) is 11.8 Å². The Morgan fingerprint density at radius 2 is 1.57 bits per heavy atom. The van der Waals surface area contributed by atoms with Crippen molar-refractivity contribution in [1.82, 2.24) is 30.4 Å². The normalized spacial score (nSPS) is 27.8. The number of aliphatic hydroxyl groups is 5. The van der Waals surface area contributed by atoms with Crippen molar-refractivity contribution in [1.29, 1.82) is 0 Å². The van der Waals surface area contributed by atoms with E-state index < -0.39 is 96.5 Å². The molecule has 12 atom stereocenters. The predicted molar refractivity (Wildman–Crippen MR) is 196 cm³/mol. The third-order valence-corrected chi connectivity index (χ3v) is 10.2. The maximum absolute atomic E-state index is 13.6. The van der Waals surface area contributed by atoms with Crippen LogP contribution in [0.3, 0.4) is 0 Å². The van der Waals surface area contributed by atoms with Crippen molar-refractivity contribution in [3.8, 4) is 0 Å². The fraction of sp³-hybridized carbons (Fsp3) is 0.829. The molecule has 0 aliphatic carbocycles. The number of ether oxygens (including phenoxy) is 3. The first kappa shape index (κ1) is 45.6. The Morgan fingerprint density at radius 3 is 2.13 bits per heavy atom. The van der Waals surface area contributed by atoms with Gasteiger partial charge in [0.25, 0.3) is 5.56 Å². The van der Waals surface area contributed by atoms with Crippen LogP contribution in [0, 0.1) is 0 Å². The predicted octanol–water partition coefficient (Wildman–Crippen LogP) is -3.02. The van der Waals surface area contributed by atoms with E-state index in [9.17, 15) is 44.7 Å². The number of aromatic nitrogens is 2. The number of nitrogens with one attached hydrogen (secondary N) is 4. The number of hydrogen-bond acceptors (Lipinski definition) is 15. The molecule has 0 aromatic carbocycles. The molecule has 0 bridgehead atoms. The molecule has 1 aromatic rings. The highest BCUT2D eigenvalue weighted by Crippen LogP contribution is 2.35. The largest absolute Gasteiger partial charge is 0.390 e. The molecular weight excluding hydrogens is 710 g/mol. The lowest BCUT2D eigenvalue weighted by Crippen LogP contribution is -2.62. The topological polar surface area (TPSA) is 283 Å². The molecule has 19 heteroatoms. The molecule has 19 nitrogen and oxygen atoms in total. The van der Waals surface area contributed by atoms with E-state index in [1.54, 1.807) is 0 Å². The molecular formula is C35H63N7O12. The lowest BCUT2D eigenvalue weighted by Gasteiger charge is -2.39. The van der Waals surface area contributed by atoms with Crippen LogP contribution < -0.4 is 32.9 Å². The van der Waals surface area contributed by atoms with Crippen molar-refractivity contribution in [2.24, 2.45) is 5.73 Å². The van der Waals surface area contributed by atoms with E-state index in [4.69, 9.17) is 19.9 Å². The molecule has 2 aliphatic heterocycles. The van der Waals surface area contributed by atoms with Crippen molar-refractivity contribution in [2.75, 3.05) is 40.8 Å². The summed E-state index contributed by atoms with van der Waals surface area (Å²) in [5, 5.41) is 63.1. The quantitative estimate of drug-likeness (QED) is 0.0468. The SMILES string of the molecule is CCCCCCCCCCCCNC(=O)C(NC)[C@@H](O)CN(C)[C@H](C(=O)NC)[C@H](OC1O[C@H](CN)[C@@H](O)[C@H]1O)C1OC(n2ccc(=O)[nH]c2=O)[C@H](O)[C@@H]1O. The third kappa shape index (κ3) is 12.1. The summed E-state index contributed by atoms with van der Waals surface area (Å²) in [5.41, 5.74) is 4.02. The standard InChI is InChI=1S/C35H63N7O12/c1-5-6-7-8-9-10-11-12-13-14-16-39-31(49)23(37-2)20(43)19-41(4)24(32(50)38-3)29(54-34-28(48)25(45)21(18-36)52-34)30-26(46)27(47)33(53-30)42-17-15-22(44)40-35(42)51/h15,17,20-21,23-30,33-34,37,43,45-48H,5-14,16,18-19,36H2,1-4H3,(H,38,50)(H,39,49)(H,40,44,51)/t20-,21+,23?,24-,25+,26-,27+,28+,29-,30?,33?,34?/m0/s1. The maximum atomic E-state index is 13.6. The monoisotopic (exact) mass is 773 g/mol. The molecule has 2 amide bonds. The average molecular weight is 774 g/mol. The summed E-state index contributed by atoms with van der Waals surface area (Å²) in [6, 6.07) is -1.55. The number of carbonyl (C=O) groups excluding carboxylic acids is 2. The van der Waals surface area contributed by atoms with E-state index in [0.29, 0.717) is 6.54 Å². The number of amides is 2. The zero-order valence-electron chi connectivity index (χ0n) is 31.8. The van der Waals surface area contributed by atoms with E-state index in [1.807, 2.05) is 4.98 Å². The molecule has 4 unspecified atom stereocenters. The molecule has 0 saturated carbocycles. The summed E-state index contributed by atoms with van der Waals surface area (Å²) in [6.07, 6.45) is -3.05. The van der Waals surface area contributed by atoms with Gasteiger partial charge in [-0.15, -0.1) is 0 Å². The zero-order valence-corrected chi connectivity index (χ0v) is 31.8. The van der Waals surface area contributed by atoms with E-state index in [1.165, 1.54) is 64.6 Å². The number of aliphatic hydroxyl groups excluding tert-OH is 5.